The molecule has 24 heavy (non-hydrogen) atoms. The Bertz CT molecular complexity index is 722. The molecule has 2 aromatic carbocycles. The van der Waals surface area contributed by atoms with Gasteiger partial charge in [-0.05, 0) is 23.8 Å². The van der Waals surface area contributed by atoms with Crippen LogP contribution in [0.3, 0.4) is 0 Å². The number of halogens is 1. The minimum atomic E-state index is -0.817. The van der Waals surface area contributed by atoms with Crippen LogP contribution in [-0.4, -0.2) is 31.2 Å². The molecule has 0 fully saturated rings. The summed E-state index contributed by atoms with van der Waals surface area (Å²) < 4.78 is 18.8. The Morgan fingerprint density at radius 3 is 2.54 bits per heavy atom. The molecule has 0 aromatic heterocycles. The van der Waals surface area contributed by atoms with Gasteiger partial charge in [-0.3, -0.25) is 14.9 Å². The zero-order chi connectivity index (χ0) is 17.5. The Morgan fingerprint density at radius 1 is 1.17 bits per heavy atom. The molecule has 0 spiro atoms. The maximum absolute atomic E-state index is 13.8. The summed E-state index contributed by atoms with van der Waals surface area (Å²) in [5, 5.41) is 3.28. The van der Waals surface area contributed by atoms with Crippen molar-refractivity contribution in [3.63, 3.8) is 0 Å². The van der Waals surface area contributed by atoms with Crippen LogP contribution in [0.2, 0.25) is 0 Å². The number of nitrogens with one attached hydrogen (secondary N) is 1. The van der Waals surface area contributed by atoms with Crippen LogP contribution in [0.5, 0.6) is 0 Å². The van der Waals surface area contributed by atoms with Gasteiger partial charge < -0.3 is 4.74 Å². The Morgan fingerprint density at radius 2 is 1.88 bits per heavy atom. The molecule has 0 saturated carbocycles. The first-order valence-corrected chi connectivity index (χ1v) is 7.10. The molecule has 2 rings (SSSR count). The van der Waals surface area contributed by atoms with Crippen LogP contribution in [0.1, 0.15) is 15.9 Å². The standard InChI is InChI=1S/C17H17FN2O4/c1-20(23-2)16(21)13-8-9-14(18)15(10-13)19-17(22)24-11-12-6-4-3-5-7-12/h3-10H,11H2,1-2H3,(H,19,22). The maximum Gasteiger partial charge on any atom is 0.412 e. The molecule has 0 heterocycles. The van der Waals surface area contributed by atoms with Crippen LogP contribution < -0.4 is 5.32 Å². The first-order chi connectivity index (χ1) is 11.5. The molecule has 1 N–H and O–H groups in total. The van der Waals surface area contributed by atoms with Crippen molar-refractivity contribution >= 4 is 17.7 Å². The van der Waals surface area contributed by atoms with Gasteiger partial charge in [-0.15, -0.1) is 0 Å². The summed E-state index contributed by atoms with van der Waals surface area (Å²) in [6.07, 6.45) is -0.817. The van der Waals surface area contributed by atoms with E-state index in [4.69, 9.17) is 9.57 Å². The molecule has 0 aliphatic rings. The summed E-state index contributed by atoms with van der Waals surface area (Å²) in [5.41, 5.74) is 0.821. The molecule has 6 nitrogen and oxygen atoms in total. The Hall–Kier alpha value is -2.93. The summed E-state index contributed by atoms with van der Waals surface area (Å²) in [6.45, 7) is 0.0549. The van der Waals surface area contributed by atoms with Crippen molar-refractivity contribution in [1.82, 2.24) is 5.06 Å². The van der Waals surface area contributed by atoms with Gasteiger partial charge in [-0.25, -0.2) is 14.2 Å². The van der Waals surface area contributed by atoms with E-state index in [0.717, 1.165) is 16.7 Å². The Labute approximate surface area is 138 Å². The number of nitrogens with zero attached hydrogens (tertiary/aromatic N) is 1. The highest BCUT2D eigenvalue weighted by Gasteiger charge is 2.15. The van der Waals surface area contributed by atoms with E-state index in [1.807, 2.05) is 18.2 Å². The van der Waals surface area contributed by atoms with Crippen LogP contribution >= 0.6 is 0 Å². The highest BCUT2D eigenvalue weighted by molar-refractivity contribution is 5.95. The summed E-state index contributed by atoms with van der Waals surface area (Å²) in [7, 11) is 2.76. The largest absolute Gasteiger partial charge is 0.444 e. The lowest BCUT2D eigenvalue weighted by molar-refractivity contribution is -0.0756. The van der Waals surface area contributed by atoms with Crippen molar-refractivity contribution < 1.29 is 23.6 Å². The number of hydrogen-bond donors (Lipinski definition) is 1. The third-order valence-corrected chi connectivity index (χ3v) is 3.22. The third-order valence-electron chi connectivity index (χ3n) is 3.22. The number of carbonyl (C=O) groups is 2. The normalized spacial score (nSPS) is 10.1. The lowest BCUT2D eigenvalue weighted by Crippen LogP contribution is -2.25. The van der Waals surface area contributed by atoms with Gasteiger partial charge in [0.25, 0.3) is 5.91 Å². The van der Waals surface area contributed by atoms with Crippen LogP contribution in [0.4, 0.5) is 14.9 Å². The van der Waals surface area contributed by atoms with Crippen molar-refractivity contribution in [3.05, 3.63) is 65.5 Å². The summed E-state index contributed by atoms with van der Waals surface area (Å²) in [6, 6.07) is 12.7. The van der Waals surface area contributed by atoms with Crippen LogP contribution in [0, 0.1) is 5.82 Å². The maximum atomic E-state index is 13.8. The second kappa shape index (κ2) is 8.07. The molecule has 0 atom stereocenters. The van der Waals surface area contributed by atoms with E-state index in [-0.39, 0.29) is 17.9 Å². The SMILES string of the molecule is CON(C)C(=O)c1ccc(F)c(NC(=O)OCc2ccccc2)c1. The van der Waals surface area contributed by atoms with E-state index in [2.05, 4.69) is 5.32 Å². The lowest BCUT2D eigenvalue weighted by atomic mass is 10.2. The van der Waals surface area contributed by atoms with Gasteiger partial charge in [0.2, 0.25) is 0 Å². The molecule has 126 valence electrons. The van der Waals surface area contributed by atoms with Gasteiger partial charge in [-0.2, -0.15) is 0 Å². The van der Waals surface area contributed by atoms with E-state index in [0.29, 0.717) is 0 Å². The third kappa shape index (κ3) is 4.53. The van der Waals surface area contributed by atoms with Crippen LogP contribution in [0.15, 0.2) is 48.5 Å². The highest BCUT2D eigenvalue weighted by Crippen LogP contribution is 2.18. The zero-order valence-electron chi connectivity index (χ0n) is 13.3. The number of carbonyl (C=O) groups excluding carboxylic acids is 2. The van der Waals surface area contributed by atoms with E-state index in [9.17, 15) is 14.0 Å². The molecule has 0 unspecified atom stereocenters. The first kappa shape index (κ1) is 17.4. The first-order valence-electron chi connectivity index (χ1n) is 7.10. The van der Waals surface area contributed by atoms with E-state index in [1.54, 1.807) is 12.1 Å². The number of anilines is 1. The molecule has 0 bridgehead atoms. The second-order valence-corrected chi connectivity index (χ2v) is 4.87. The zero-order valence-corrected chi connectivity index (χ0v) is 13.3. The predicted molar refractivity (Wildman–Crippen MR) is 85.8 cm³/mol. The van der Waals surface area contributed by atoms with Gasteiger partial charge >= 0.3 is 6.09 Å². The Balaban J connectivity index is 2.03. The molecule has 0 saturated heterocycles. The van der Waals surface area contributed by atoms with Crippen molar-refractivity contribution in [2.75, 3.05) is 19.5 Å². The second-order valence-electron chi connectivity index (χ2n) is 4.87. The van der Waals surface area contributed by atoms with Gasteiger partial charge in [-0.1, -0.05) is 30.3 Å². The Kier molecular flexibility index (Phi) is 5.86. The lowest BCUT2D eigenvalue weighted by Gasteiger charge is -2.14. The molecule has 2 amide bonds. The fourth-order valence-corrected chi connectivity index (χ4v) is 1.89. The average Bonchev–Trinajstić information content (AvgIpc) is 2.61. The topological polar surface area (TPSA) is 67.9 Å². The predicted octanol–water partition coefficient (Wildman–Crippen LogP) is 3.21. The summed E-state index contributed by atoms with van der Waals surface area (Å²) >= 11 is 0. The molecular formula is C17H17FN2O4. The molecule has 0 aliphatic heterocycles. The minimum absolute atomic E-state index is 0.0549. The quantitative estimate of drug-likeness (QED) is 0.854. The molecule has 0 radical (unpaired) electrons. The van der Waals surface area contributed by atoms with Crippen molar-refractivity contribution in [1.29, 1.82) is 0 Å². The van der Waals surface area contributed by atoms with Crippen LogP contribution in [0.25, 0.3) is 0 Å². The monoisotopic (exact) mass is 332 g/mol. The smallest absolute Gasteiger partial charge is 0.412 e. The number of hydroxylamine groups is 2. The van der Waals surface area contributed by atoms with Gasteiger partial charge in [0.05, 0.1) is 12.8 Å². The van der Waals surface area contributed by atoms with Crippen molar-refractivity contribution in [2.24, 2.45) is 0 Å². The van der Waals surface area contributed by atoms with Gasteiger partial charge in [0.1, 0.15) is 12.4 Å². The van der Waals surface area contributed by atoms with Gasteiger partial charge in [0.15, 0.2) is 0 Å². The van der Waals surface area contributed by atoms with Crippen molar-refractivity contribution in [3.8, 4) is 0 Å². The summed E-state index contributed by atoms with van der Waals surface area (Å²) in [5.74, 6) is -1.15. The number of amides is 2. The van der Waals surface area contributed by atoms with E-state index >= 15 is 0 Å². The molecular weight excluding hydrogens is 315 g/mol. The number of hydrogen-bond acceptors (Lipinski definition) is 4. The molecule has 7 heteroatoms. The summed E-state index contributed by atoms with van der Waals surface area (Å²) in [4.78, 5) is 28.5. The number of rotatable bonds is 5. The fourth-order valence-electron chi connectivity index (χ4n) is 1.89. The van der Waals surface area contributed by atoms with E-state index in [1.165, 1.54) is 26.3 Å². The average molecular weight is 332 g/mol. The number of benzene rings is 2. The fraction of sp³-hybridized carbons (Fsp3) is 0.176. The van der Waals surface area contributed by atoms with Crippen molar-refractivity contribution in [2.45, 2.75) is 6.61 Å². The van der Waals surface area contributed by atoms with Crippen LogP contribution in [-0.2, 0) is 16.2 Å². The highest BCUT2D eigenvalue weighted by atomic mass is 19.1. The molecule has 2 aromatic rings. The van der Waals surface area contributed by atoms with Gasteiger partial charge in [0, 0.05) is 12.6 Å². The number of ether oxygens (including phenoxy) is 1. The van der Waals surface area contributed by atoms with E-state index < -0.39 is 17.8 Å². The molecule has 0 aliphatic carbocycles. The minimum Gasteiger partial charge on any atom is -0.444 e.